The van der Waals surface area contributed by atoms with Gasteiger partial charge in [-0.25, -0.2) is 0 Å². The van der Waals surface area contributed by atoms with Crippen LogP contribution in [0.4, 0.5) is 0 Å². The normalized spacial score (nSPS) is 11.9. The van der Waals surface area contributed by atoms with E-state index in [0.717, 1.165) is 11.1 Å². The van der Waals surface area contributed by atoms with Crippen LogP contribution in [0.15, 0.2) is 54.6 Å². The molecule has 0 radical (unpaired) electrons. The van der Waals surface area contributed by atoms with Crippen molar-refractivity contribution in [3.63, 3.8) is 0 Å². The topological polar surface area (TPSA) is 38.3 Å². The van der Waals surface area contributed by atoms with Crippen LogP contribution in [0.2, 0.25) is 0 Å². The molecule has 0 fully saturated rings. The highest BCUT2D eigenvalue weighted by Crippen LogP contribution is 2.19. The first-order chi connectivity index (χ1) is 10.2. The number of hydrogen-bond acceptors (Lipinski definition) is 2. The summed E-state index contributed by atoms with van der Waals surface area (Å²) in [5.41, 5.74) is 3.35. The molecule has 3 nitrogen and oxygen atoms in total. The van der Waals surface area contributed by atoms with Crippen molar-refractivity contribution in [2.75, 3.05) is 13.7 Å². The Morgan fingerprint density at radius 2 is 1.67 bits per heavy atom. The highest BCUT2D eigenvalue weighted by molar-refractivity contribution is 5.79. The molecule has 21 heavy (non-hydrogen) atoms. The Balaban J connectivity index is 1.95. The van der Waals surface area contributed by atoms with E-state index in [0.29, 0.717) is 13.0 Å². The Morgan fingerprint density at radius 1 is 1.05 bits per heavy atom. The molecule has 1 atom stereocenters. The average Bonchev–Trinajstić information content (AvgIpc) is 2.49. The molecule has 2 aromatic carbocycles. The van der Waals surface area contributed by atoms with Gasteiger partial charge >= 0.3 is 0 Å². The Morgan fingerprint density at radius 3 is 2.29 bits per heavy atom. The van der Waals surface area contributed by atoms with Crippen molar-refractivity contribution in [2.24, 2.45) is 0 Å². The van der Waals surface area contributed by atoms with Crippen molar-refractivity contribution >= 4 is 5.91 Å². The van der Waals surface area contributed by atoms with Crippen LogP contribution < -0.4 is 5.32 Å². The van der Waals surface area contributed by atoms with E-state index in [9.17, 15) is 4.79 Å². The van der Waals surface area contributed by atoms with Gasteiger partial charge in [-0.15, -0.1) is 0 Å². The number of amides is 1. The summed E-state index contributed by atoms with van der Waals surface area (Å²) in [4.78, 5) is 11.9. The van der Waals surface area contributed by atoms with E-state index in [4.69, 9.17) is 4.74 Å². The Bertz CT molecular complexity index is 564. The summed E-state index contributed by atoms with van der Waals surface area (Å²) in [5, 5.41) is 2.91. The molecule has 0 aliphatic carbocycles. The zero-order valence-electron chi connectivity index (χ0n) is 12.5. The van der Waals surface area contributed by atoms with Gasteiger partial charge in [-0.1, -0.05) is 54.6 Å². The second-order valence-electron chi connectivity index (χ2n) is 5.16. The molecule has 2 aromatic rings. The average molecular weight is 283 g/mol. The van der Waals surface area contributed by atoms with Crippen molar-refractivity contribution in [3.05, 3.63) is 60.2 Å². The molecule has 0 saturated carbocycles. The van der Waals surface area contributed by atoms with Crippen LogP contribution in [0.3, 0.4) is 0 Å². The van der Waals surface area contributed by atoms with Gasteiger partial charge in [0.1, 0.15) is 0 Å². The van der Waals surface area contributed by atoms with Crippen molar-refractivity contribution in [2.45, 2.75) is 19.4 Å². The van der Waals surface area contributed by atoms with Gasteiger partial charge < -0.3 is 10.1 Å². The monoisotopic (exact) mass is 283 g/mol. The Labute approximate surface area is 126 Å². The lowest BCUT2D eigenvalue weighted by Gasteiger charge is -2.12. The molecule has 110 valence electrons. The van der Waals surface area contributed by atoms with Gasteiger partial charge in [0.25, 0.3) is 0 Å². The van der Waals surface area contributed by atoms with Gasteiger partial charge in [0.05, 0.1) is 13.0 Å². The molecule has 0 bridgehead atoms. The minimum atomic E-state index is 0.0204. The van der Waals surface area contributed by atoms with E-state index >= 15 is 0 Å². The SMILES string of the molecule is COC[C@@H](C)NC(=O)Cc1ccc(-c2ccccc2)cc1. The van der Waals surface area contributed by atoms with Crippen molar-refractivity contribution in [3.8, 4) is 11.1 Å². The largest absolute Gasteiger partial charge is 0.383 e. The molecule has 3 heteroatoms. The summed E-state index contributed by atoms with van der Waals surface area (Å²) in [6.07, 6.45) is 0.392. The molecule has 0 spiro atoms. The van der Waals surface area contributed by atoms with Gasteiger partial charge in [0.15, 0.2) is 0 Å². The van der Waals surface area contributed by atoms with Crippen LogP contribution in [0.5, 0.6) is 0 Å². The lowest BCUT2D eigenvalue weighted by Crippen LogP contribution is -2.36. The highest BCUT2D eigenvalue weighted by atomic mass is 16.5. The highest BCUT2D eigenvalue weighted by Gasteiger charge is 2.08. The molecule has 1 N–H and O–H groups in total. The minimum Gasteiger partial charge on any atom is -0.383 e. The molecule has 0 saturated heterocycles. The zero-order valence-corrected chi connectivity index (χ0v) is 12.5. The van der Waals surface area contributed by atoms with E-state index in [-0.39, 0.29) is 11.9 Å². The molecule has 0 unspecified atom stereocenters. The molecule has 0 aliphatic heterocycles. The third-order valence-corrected chi connectivity index (χ3v) is 3.25. The maximum atomic E-state index is 11.9. The van der Waals surface area contributed by atoms with Gasteiger partial charge in [-0.05, 0) is 23.6 Å². The minimum absolute atomic E-state index is 0.0204. The number of nitrogens with one attached hydrogen (secondary N) is 1. The van der Waals surface area contributed by atoms with Crippen molar-refractivity contribution in [1.29, 1.82) is 0 Å². The van der Waals surface area contributed by atoms with Gasteiger partial charge in [-0.3, -0.25) is 4.79 Å². The van der Waals surface area contributed by atoms with Crippen molar-refractivity contribution < 1.29 is 9.53 Å². The summed E-state index contributed by atoms with van der Waals surface area (Å²) >= 11 is 0. The lowest BCUT2D eigenvalue weighted by atomic mass is 10.0. The predicted molar refractivity (Wildman–Crippen MR) is 85.1 cm³/mol. The number of rotatable bonds is 6. The lowest BCUT2D eigenvalue weighted by molar-refractivity contribution is -0.121. The third kappa shape index (κ3) is 4.72. The number of hydrogen-bond donors (Lipinski definition) is 1. The zero-order chi connectivity index (χ0) is 15.1. The quantitative estimate of drug-likeness (QED) is 0.885. The predicted octanol–water partition coefficient (Wildman–Crippen LogP) is 3.05. The van der Waals surface area contributed by atoms with E-state index in [1.54, 1.807) is 7.11 Å². The van der Waals surface area contributed by atoms with Crippen LogP contribution in [0.1, 0.15) is 12.5 Å². The smallest absolute Gasteiger partial charge is 0.224 e. The fourth-order valence-corrected chi connectivity index (χ4v) is 2.25. The molecular weight excluding hydrogens is 262 g/mol. The van der Waals surface area contributed by atoms with Crippen LogP contribution >= 0.6 is 0 Å². The number of carbonyl (C=O) groups is 1. The van der Waals surface area contributed by atoms with Crippen LogP contribution in [0.25, 0.3) is 11.1 Å². The second-order valence-corrected chi connectivity index (χ2v) is 5.16. The maximum absolute atomic E-state index is 11.9. The molecular formula is C18H21NO2. The maximum Gasteiger partial charge on any atom is 0.224 e. The number of methoxy groups -OCH3 is 1. The fraction of sp³-hybridized carbons (Fsp3) is 0.278. The van der Waals surface area contributed by atoms with Gasteiger partial charge in [0.2, 0.25) is 5.91 Å². The molecule has 0 aliphatic rings. The first-order valence-electron chi connectivity index (χ1n) is 7.11. The molecule has 0 heterocycles. The van der Waals surface area contributed by atoms with E-state index in [1.165, 1.54) is 5.56 Å². The number of ether oxygens (including phenoxy) is 1. The number of carbonyl (C=O) groups excluding carboxylic acids is 1. The standard InChI is InChI=1S/C18H21NO2/c1-14(13-21-2)19-18(20)12-15-8-10-17(11-9-15)16-6-4-3-5-7-16/h3-11,14H,12-13H2,1-2H3,(H,19,20)/t14-/m1/s1. The van der Waals surface area contributed by atoms with E-state index in [2.05, 4.69) is 29.6 Å². The second kappa shape index (κ2) is 7.60. The van der Waals surface area contributed by atoms with Crippen LogP contribution in [0, 0.1) is 0 Å². The Kier molecular flexibility index (Phi) is 5.52. The summed E-state index contributed by atoms with van der Waals surface area (Å²) < 4.78 is 5.00. The third-order valence-electron chi connectivity index (χ3n) is 3.25. The van der Waals surface area contributed by atoms with E-state index in [1.807, 2.05) is 37.3 Å². The van der Waals surface area contributed by atoms with Gasteiger partial charge in [0, 0.05) is 13.2 Å². The fourth-order valence-electron chi connectivity index (χ4n) is 2.25. The first-order valence-corrected chi connectivity index (χ1v) is 7.11. The van der Waals surface area contributed by atoms with Crippen LogP contribution in [-0.4, -0.2) is 25.7 Å². The Hall–Kier alpha value is -2.13. The van der Waals surface area contributed by atoms with Gasteiger partial charge in [-0.2, -0.15) is 0 Å². The summed E-state index contributed by atoms with van der Waals surface area (Å²) in [7, 11) is 1.63. The number of benzene rings is 2. The summed E-state index contributed by atoms with van der Waals surface area (Å²) in [6.45, 7) is 2.46. The molecule has 1 amide bonds. The molecule has 0 aromatic heterocycles. The molecule has 2 rings (SSSR count). The van der Waals surface area contributed by atoms with E-state index < -0.39 is 0 Å². The first kappa shape index (κ1) is 15.3. The van der Waals surface area contributed by atoms with Crippen LogP contribution in [-0.2, 0) is 16.0 Å². The summed E-state index contributed by atoms with van der Waals surface area (Å²) in [5.74, 6) is 0.0204. The van der Waals surface area contributed by atoms with Crippen molar-refractivity contribution in [1.82, 2.24) is 5.32 Å². The summed E-state index contributed by atoms with van der Waals surface area (Å²) in [6, 6.07) is 18.3.